The molecule has 0 saturated heterocycles. The largest absolute Gasteiger partial charge is 0.385 e. The molecule has 2 aromatic rings. The Morgan fingerprint density at radius 2 is 2.00 bits per heavy atom. The van der Waals surface area contributed by atoms with E-state index in [0.717, 1.165) is 16.8 Å². The van der Waals surface area contributed by atoms with Crippen LogP contribution in [0.5, 0.6) is 0 Å². The summed E-state index contributed by atoms with van der Waals surface area (Å²) in [4.78, 5) is 12.0. The molecule has 0 aliphatic heterocycles. The highest BCUT2D eigenvalue weighted by Crippen LogP contribution is 2.21. The fourth-order valence-electron chi connectivity index (χ4n) is 1.78. The summed E-state index contributed by atoms with van der Waals surface area (Å²) in [6, 6.07) is 7.22. The summed E-state index contributed by atoms with van der Waals surface area (Å²) < 4.78 is 4.88. The van der Waals surface area contributed by atoms with Gasteiger partial charge in [0.15, 0.2) is 11.5 Å². The lowest BCUT2D eigenvalue weighted by Gasteiger charge is -2.09. The van der Waals surface area contributed by atoms with Crippen molar-refractivity contribution in [1.82, 2.24) is 5.16 Å². The third-order valence-electron chi connectivity index (χ3n) is 2.89. The van der Waals surface area contributed by atoms with Crippen LogP contribution in [0.1, 0.15) is 40.4 Å². The minimum absolute atomic E-state index is 0.151. The van der Waals surface area contributed by atoms with Crippen molar-refractivity contribution in [3.05, 3.63) is 46.8 Å². The zero-order valence-corrected chi connectivity index (χ0v) is 11.1. The monoisotopic (exact) mass is 260 g/mol. The number of carbonyl (C=O) groups excluding carboxylic acids is 1. The molecule has 0 aliphatic rings. The maximum Gasteiger partial charge on any atom is 0.277 e. The van der Waals surface area contributed by atoms with Crippen LogP contribution in [-0.4, -0.2) is 16.2 Å². The van der Waals surface area contributed by atoms with E-state index in [9.17, 15) is 9.90 Å². The van der Waals surface area contributed by atoms with Crippen molar-refractivity contribution >= 4 is 11.6 Å². The van der Waals surface area contributed by atoms with Gasteiger partial charge in [-0.1, -0.05) is 23.4 Å². The van der Waals surface area contributed by atoms with Gasteiger partial charge in [0.1, 0.15) is 6.10 Å². The van der Waals surface area contributed by atoms with Gasteiger partial charge in [-0.2, -0.15) is 0 Å². The lowest BCUT2D eigenvalue weighted by atomic mass is 10.1. The number of benzene rings is 1. The van der Waals surface area contributed by atoms with E-state index >= 15 is 0 Å². The number of aliphatic hydroxyl groups is 1. The van der Waals surface area contributed by atoms with Crippen LogP contribution in [-0.2, 0) is 0 Å². The molecule has 5 heteroatoms. The van der Waals surface area contributed by atoms with Gasteiger partial charge in [-0.15, -0.1) is 0 Å². The van der Waals surface area contributed by atoms with Crippen LogP contribution in [0.25, 0.3) is 0 Å². The number of rotatable bonds is 3. The third kappa shape index (κ3) is 2.82. The van der Waals surface area contributed by atoms with E-state index in [4.69, 9.17) is 4.52 Å². The van der Waals surface area contributed by atoms with Crippen LogP contribution in [0.4, 0.5) is 5.69 Å². The van der Waals surface area contributed by atoms with Crippen LogP contribution >= 0.6 is 0 Å². The van der Waals surface area contributed by atoms with Crippen LogP contribution in [0.2, 0.25) is 0 Å². The zero-order valence-electron chi connectivity index (χ0n) is 11.1. The number of para-hydroxylation sites is 1. The van der Waals surface area contributed by atoms with E-state index in [0.29, 0.717) is 0 Å². The number of amides is 1. The normalized spacial score (nSPS) is 12.2. The predicted octanol–water partition coefficient (Wildman–Crippen LogP) is 2.60. The molecular formula is C14H16N2O3. The molecule has 5 nitrogen and oxygen atoms in total. The molecule has 0 bridgehead atoms. The van der Waals surface area contributed by atoms with E-state index < -0.39 is 6.10 Å². The molecule has 0 saturated carbocycles. The van der Waals surface area contributed by atoms with Crippen LogP contribution < -0.4 is 5.32 Å². The molecule has 0 radical (unpaired) electrons. The molecule has 1 atom stereocenters. The van der Waals surface area contributed by atoms with E-state index in [1.165, 1.54) is 6.07 Å². The Kier molecular flexibility index (Phi) is 3.66. The number of aryl methyl sites for hydroxylation is 2. The molecule has 1 aromatic carbocycles. The Balaban J connectivity index is 2.21. The second kappa shape index (κ2) is 5.24. The molecule has 1 amide bonds. The number of hydrogen-bond donors (Lipinski definition) is 2. The van der Waals surface area contributed by atoms with Crippen molar-refractivity contribution in [2.45, 2.75) is 26.9 Å². The minimum atomic E-state index is -0.783. The summed E-state index contributed by atoms with van der Waals surface area (Å²) in [5.41, 5.74) is 2.88. The molecule has 0 spiro atoms. The molecule has 1 heterocycles. The second-order valence-corrected chi connectivity index (χ2v) is 4.51. The van der Waals surface area contributed by atoms with E-state index in [1.54, 1.807) is 6.92 Å². The Morgan fingerprint density at radius 1 is 1.37 bits per heavy atom. The smallest absolute Gasteiger partial charge is 0.277 e. The molecule has 0 fully saturated rings. The average molecular weight is 260 g/mol. The topological polar surface area (TPSA) is 75.4 Å². The Labute approximate surface area is 111 Å². The molecule has 1 unspecified atom stereocenters. The van der Waals surface area contributed by atoms with Crippen molar-refractivity contribution < 1.29 is 14.4 Å². The number of carbonyl (C=O) groups is 1. The lowest BCUT2D eigenvalue weighted by molar-refractivity contribution is 0.101. The number of nitrogens with zero attached hydrogens (tertiary/aromatic N) is 1. The van der Waals surface area contributed by atoms with Crippen molar-refractivity contribution in [3.8, 4) is 0 Å². The standard InChI is InChI=1S/C14H16N2O3/c1-8-5-4-6-9(2)13(8)15-14(18)11-7-12(10(3)17)19-16-11/h4-7,10,17H,1-3H3,(H,15,18). The highest BCUT2D eigenvalue weighted by Gasteiger charge is 2.16. The quantitative estimate of drug-likeness (QED) is 0.889. The highest BCUT2D eigenvalue weighted by atomic mass is 16.5. The Bertz CT molecular complexity index is 582. The number of nitrogens with one attached hydrogen (secondary N) is 1. The van der Waals surface area contributed by atoms with Crippen LogP contribution in [0.15, 0.2) is 28.8 Å². The summed E-state index contributed by atoms with van der Waals surface area (Å²) in [7, 11) is 0. The molecule has 1 aromatic heterocycles. The first-order chi connectivity index (χ1) is 8.99. The van der Waals surface area contributed by atoms with Crippen LogP contribution in [0.3, 0.4) is 0 Å². The number of hydrogen-bond acceptors (Lipinski definition) is 4. The van der Waals surface area contributed by atoms with Crippen LogP contribution in [0, 0.1) is 13.8 Å². The molecule has 2 rings (SSSR count). The predicted molar refractivity (Wildman–Crippen MR) is 71.0 cm³/mol. The Morgan fingerprint density at radius 3 is 2.53 bits per heavy atom. The highest BCUT2D eigenvalue weighted by molar-refractivity contribution is 6.03. The average Bonchev–Trinajstić information content (AvgIpc) is 2.83. The first-order valence-electron chi connectivity index (χ1n) is 6.01. The number of anilines is 1. The van der Waals surface area contributed by atoms with E-state index in [1.807, 2.05) is 32.0 Å². The molecule has 0 aliphatic carbocycles. The van der Waals surface area contributed by atoms with Gasteiger partial charge < -0.3 is 14.9 Å². The first-order valence-corrected chi connectivity index (χ1v) is 6.01. The van der Waals surface area contributed by atoms with Gasteiger partial charge >= 0.3 is 0 Å². The summed E-state index contributed by atoms with van der Waals surface area (Å²) in [5, 5.41) is 15.8. The summed E-state index contributed by atoms with van der Waals surface area (Å²) >= 11 is 0. The SMILES string of the molecule is Cc1cccc(C)c1NC(=O)c1cc(C(C)O)on1. The van der Waals surface area contributed by atoms with E-state index in [2.05, 4.69) is 10.5 Å². The van der Waals surface area contributed by atoms with E-state index in [-0.39, 0.29) is 17.4 Å². The fraction of sp³-hybridized carbons (Fsp3) is 0.286. The summed E-state index contributed by atoms with van der Waals surface area (Å²) in [6.07, 6.45) is -0.783. The number of aromatic nitrogens is 1. The second-order valence-electron chi connectivity index (χ2n) is 4.51. The fourth-order valence-corrected chi connectivity index (χ4v) is 1.78. The van der Waals surface area contributed by atoms with Gasteiger partial charge in [0.2, 0.25) is 0 Å². The lowest BCUT2D eigenvalue weighted by Crippen LogP contribution is -2.14. The molecule has 19 heavy (non-hydrogen) atoms. The van der Waals surface area contributed by atoms with Crippen molar-refractivity contribution in [1.29, 1.82) is 0 Å². The first kappa shape index (κ1) is 13.3. The van der Waals surface area contributed by atoms with Gasteiger partial charge in [-0.3, -0.25) is 4.79 Å². The van der Waals surface area contributed by atoms with Gasteiger partial charge in [-0.05, 0) is 31.9 Å². The van der Waals surface area contributed by atoms with Crippen molar-refractivity contribution in [2.75, 3.05) is 5.32 Å². The van der Waals surface area contributed by atoms with Crippen molar-refractivity contribution in [2.24, 2.45) is 0 Å². The molecule has 2 N–H and O–H groups in total. The summed E-state index contributed by atoms with van der Waals surface area (Å²) in [5.74, 6) is -0.0836. The van der Waals surface area contributed by atoms with Gasteiger partial charge in [0, 0.05) is 11.8 Å². The summed E-state index contributed by atoms with van der Waals surface area (Å²) in [6.45, 7) is 5.40. The zero-order chi connectivity index (χ0) is 14.0. The van der Waals surface area contributed by atoms with Crippen molar-refractivity contribution in [3.63, 3.8) is 0 Å². The minimum Gasteiger partial charge on any atom is -0.385 e. The molecule has 100 valence electrons. The maximum atomic E-state index is 12.0. The Hall–Kier alpha value is -2.14. The molecular weight excluding hydrogens is 244 g/mol. The van der Waals surface area contributed by atoms with Gasteiger partial charge in [-0.25, -0.2) is 0 Å². The maximum absolute atomic E-state index is 12.0. The third-order valence-corrected chi connectivity index (χ3v) is 2.89. The number of aliphatic hydroxyl groups excluding tert-OH is 1. The van der Waals surface area contributed by atoms with Gasteiger partial charge in [0.25, 0.3) is 5.91 Å². The van der Waals surface area contributed by atoms with Gasteiger partial charge in [0.05, 0.1) is 0 Å².